The Kier molecular flexibility index (Phi) is 6.83. The summed E-state index contributed by atoms with van der Waals surface area (Å²) in [5.41, 5.74) is 3.13. The average molecular weight is 342 g/mol. The van der Waals surface area contributed by atoms with Gasteiger partial charge in [-0.3, -0.25) is 0 Å². The Labute approximate surface area is 149 Å². The number of hydrogen-bond acceptors (Lipinski definition) is 3. The molecular weight excluding hydrogens is 316 g/mol. The highest BCUT2D eigenvalue weighted by atomic mass is 16.5. The Hall–Kier alpha value is -2.53. The third-order valence-electron chi connectivity index (χ3n) is 4.17. The molecule has 5 heteroatoms. The van der Waals surface area contributed by atoms with E-state index >= 15 is 0 Å². The number of rotatable bonds is 7. The quantitative estimate of drug-likeness (QED) is 0.724. The van der Waals surface area contributed by atoms with Gasteiger partial charge in [-0.15, -0.1) is 0 Å². The van der Waals surface area contributed by atoms with Crippen molar-refractivity contribution in [3.8, 4) is 5.75 Å². The fourth-order valence-corrected chi connectivity index (χ4v) is 2.45. The zero-order valence-corrected chi connectivity index (χ0v) is 15.0. The van der Waals surface area contributed by atoms with E-state index < -0.39 is 6.10 Å². The lowest BCUT2D eigenvalue weighted by Crippen LogP contribution is -2.39. The molecule has 0 heterocycles. The number of hydrogen-bond donors (Lipinski definition) is 3. The lowest BCUT2D eigenvalue weighted by molar-refractivity contribution is 0.173. The zero-order chi connectivity index (χ0) is 18.2. The van der Waals surface area contributed by atoms with Crippen LogP contribution in [0.2, 0.25) is 0 Å². The van der Waals surface area contributed by atoms with Gasteiger partial charge in [-0.1, -0.05) is 48.9 Å². The van der Waals surface area contributed by atoms with Crippen LogP contribution in [0.15, 0.2) is 48.5 Å². The maximum Gasteiger partial charge on any atom is 0.314 e. The van der Waals surface area contributed by atoms with Crippen molar-refractivity contribution < 1.29 is 14.6 Å². The van der Waals surface area contributed by atoms with E-state index in [1.165, 1.54) is 11.1 Å². The van der Waals surface area contributed by atoms with E-state index in [9.17, 15) is 9.90 Å². The normalized spacial score (nSPS) is 13.0. The van der Waals surface area contributed by atoms with Crippen LogP contribution in [0, 0.1) is 6.92 Å². The standard InChI is InChI=1S/C20H26N2O3/c1-14-4-6-16(7-5-14)15(2)12-21-20(24)22-13-19(23)17-8-10-18(25-3)11-9-17/h4-11,15,19,23H,12-13H2,1-3H3,(H2,21,22,24). The van der Waals surface area contributed by atoms with Crippen molar-refractivity contribution in [2.45, 2.75) is 25.9 Å². The highest BCUT2D eigenvalue weighted by molar-refractivity contribution is 5.73. The summed E-state index contributed by atoms with van der Waals surface area (Å²) >= 11 is 0. The van der Waals surface area contributed by atoms with Crippen LogP contribution in [0.5, 0.6) is 5.75 Å². The molecule has 2 rings (SSSR count). The predicted molar refractivity (Wildman–Crippen MR) is 98.9 cm³/mol. The minimum atomic E-state index is -0.758. The fraction of sp³-hybridized carbons (Fsp3) is 0.350. The highest BCUT2D eigenvalue weighted by Crippen LogP contribution is 2.17. The van der Waals surface area contributed by atoms with Gasteiger partial charge in [0.2, 0.25) is 0 Å². The van der Waals surface area contributed by atoms with Gasteiger partial charge in [-0.05, 0) is 36.1 Å². The molecule has 2 atom stereocenters. The van der Waals surface area contributed by atoms with E-state index in [0.29, 0.717) is 6.54 Å². The summed E-state index contributed by atoms with van der Waals surface area (Å²) in [4.78, 5) is 11.9. The van der Waals surface area contributed by atoms with Crippen LogP contribution < -0.4 is 15.4 Å². The third-order valence-corrected chi connectivity index (χ3v) is 4.17. The smallest absolute Gasteiger partial charge is 0.314 e. The van der Waals surface area contributed by atoms with Gasteiger partial charge in [0.15, 0.2) is 0 Å². The van der Waals surface area contributed by atoms with Gasteiger partial charge in [0.25, 0.3) is 0 Å². The number of methoxy groups -OCH3 is 1. The maximum atomic E-state index is 11.9. The van der Waals surface area contributed by atoms with Crippen LogP contribution in [-0.2, 0) is 0 Å². The predicted octanol–water partition coefficient (Wildman–Crippen LogP) is 3.14. The lowest BCUT2D eigenvalue weighted by Gasteiger charge is -2.16. The molecule has 2 aromatic rings. The zero-order valence-electron chi connectivity index (χ0n) is 15.0. The number of carbonyl (C=O) groups is 1. The summed E-state index contributed by atoms with van der Waals surface area (Å²) in [7, 11) is 1.59. The lowest BCUT2D eigenvalue weighted by atomic mass is 10.0. The molecule has 0 fully saturated rings. The SMILES string of the molecule is COc1ccc(C(O)CNC(=O)NCC(C)c2ccc(C)cc2)cc1. The summed E-state index contributed by atoms with van der Waals surface area (Å²) in [5, 5.41) is 15.7. The van der Waals surface area contributed by atoms with Gasteiger partial charge in [0.05, 0.1) is 13.2 Å². The van der Waals surface area contributed by atoms with E-state index in [1.54, 1.807) is 31.4 Å². The first-order valence-electron chi connectivity index (χ1n) is 8.40. The van der Waals surface area contributed by atoms with Crippen LogP contribution in [0.25, 0.3) is 0 Å². The van der Waals surface area contributed by atoms with Crippen LogP contribution in [-0.4, -0.2) is 31.3 Å². The second-order valence-electron chi connectivity index (χ2n) is 6.19. The number of aliphatic hydroxyl groups is 1. The second-order valence-corrected chi connectivity index (χ2v) is 6.19. The summed E-state index contributed by atoms with van der Waals surface area (Å²) in [6.07, 6.45) is -0.758. The van der Waals surface area contributed by atoms with Gasteiger partial charge in [-0.2, -0.15) is 0 Å². The average Bonchev–Trinajstić information content (AvgIpc) is 2.64. The van der Waals surface area contributed by atoms with Crippen LogP contribution >= 0.6 is 0 Å². The molecule has 0 aliphatic carbocycles. The van der Waals surface area contributed by atoms with E-state index in [1.807, 2.05) is 6.92 Å². The van der Waals surface area contributed by atoms with Crippen molar-refractivity contribution in [1.82, 2.24) is 10.6 Å². The van der Waals surface area contributed by atoms with Gasteiger partial charge >= 0.3 is 6.03 Å². The first kappa shape index (κ1) is 18.8. The van der Waals surface area contributed by atoms with Gasteiger partial charge in [0, 0.05) is 13.1 Å². The third kappa shape index (κ3) is 5.80. The first-order chi connectivity index (χ1) is 12.0. The number of amides is 2. The molecule has 2 aromatic carbocycles. The fourth-order valence-electron chi connectivity index (χ4n) is 2.45. The molecule has 0 aliphatic heterocycles. The Morgan fingerprint density at radius 3 is 2.16 bits per heavy atom. The summed E-state index contributed by atoms with van der Waals surface area (Å²) in [6, 6.07) is 15.1. The van der Waals surface area contributed by atoms with Gasteiger partial charge < -0.3 is 20.5 Å². The molecule has 25 heavy (non-hydrogen) atoms. The number of carbonyl (C=O) groups excluding carboxylic acids is 1. The van der Waals surface area contributed by atoms with Gasteiger partial charge in [0.1, 0.15) is 5.75 Å². The molecule has 0 aliphatic rings. The molecule has 2 amide bonds. The van der Waals surface area contributed by atoms with Crippen LogP contribution in [0.3, 0.4) is 0 Å². The Morgan fingerprint density at radius 1 is 1.00 bits per heavy atom. The van der Waals surface area contributed by atoms with Crippen molar-refractivity contribution in [2.24, 2.45) is 0 Å². The summed E-state index contributed by atoms with van der Waals surface area (Å²) in [6.45, 7) is 4.80. The largest absolute Gasteiger partial charge is 0.497 e. The van der Waals surface area contributed by atoms with Crippen LogP contribution in [0.4, 0.5) is 4.79 Å². The molecular formula is C20H26N2O3. The molecule has 0 bridgehead atoms. The number of aliphatic hydroxyl groups excluding tert-OH is 1. The summed E-state index contributed by atoms with van der Waals surface area (Å²) in [5.74, 6) is 0.949. The van der Waals surface area contributed by atoms with E-state index in [2.05, 4.69) is 41.8 Å². The van der Waals surface area contributed by atoms with Crippen molar-refractivity contribution in [2.75, 3.05) is 20.2 Å². The molecule has 3 N–H and O–H groups in total. The van der Waals surface area contributed by atoms with Crippen molar-refractivity contribution in [1.29, 1.82) is 0 Å². The van der Waals surface area contributed by atoms with Crippen LogP contribution in [0.1, 0.15) is 35.6 Å². The summed E-state index contributed by atoms with van der Waals surface area (Å²) < 4.78 is 5.08. The molecule has 0 radical (unpaired) electrons. The van der Waals surface area contributed by atoms with E-state index in [4.69, 9.17) is 4.74 Å². The number of nitrogens with one attached hydrogen (secondary N) is 2. The maximum absolute atomic E-state index is 11.9. The van der Waals surface area contributed by atoms with E-state index in [0.717, 1.165) is 11.3 Å². The molecule has 5 nitrogen and oxygen atoms in total. The Balaban J connectivity index is 1.75. The monoisotopic (exact) mass is 342 g/mol. The number of ether oxygens (including phenoxy) is 1. The van der Waals surface area contributed by atoms with Crippen molar-refractivity contribution in [3.63, 3.8) is 0 Å². The Morgan fingerprint density at radius 2 is 1.56 bits per heavy atom. The second kappa shape index (κ2) is 9.08. The molecule has 0 spiro atoms. The Bertz CT molecular complexity index is 668. The van der Waals surface area contributed by atoms with Crippen molar-refractivity contribution in [3.05, 3.63) is 65.2 Å². The van der Waals surface area contributed by atoms with Crippen molar-refractivity contribution >= 4 is 6.03 Å². The minimum Gasteiger partial charge on any atom is -0.497 e. The van der Waals surface area contributed by atoms with E-state index in [-0.39, 0.29) is 18.5 Å². The highest BCUT2D eigenvalue weighted by Gasteiger charge is 2.11. The number of benzene rings is 2. The van der Waals surface area contributed by atoms with Gasteiger partial charge in [-0.25, -0.2) is 4.79 Å². The topological polar surface area (TPSA) is 70.6 Å². The number of urea groups is 1. The molecule has 0 saturated heterocycles. The molecule has 2 unspecified atom stereocenters. The first-order valence-corrected chi connectivity index (χ1v) is 8.40. The minimum absolute atomic E-state index is 0.150. The number of aryl methyl sites for hydroxylation is 1. The molecule has 0 aromatic heterocycles. The molecule has 0 saturated carbocycles. The molecule has 134 valence electrons.